The number of nitrogens with zero attached hydrogens (tertiary/aromatic N) is 2. The van der Waals surface area contributed by atoms with Crippen LogP contribution in [-0.4, -0.2) is 21.1 Å². The van der Waals surface area contributed by atoms with E-state index in [4.69, 9.17) is 5.73 Å². The number of hydrogen-bond donors (Lipinski definition) is 2. The van der Waals surface area contributed by atoms with Crippen molar-refractivity contribution < 1.29 is 4.79 Å². The van der Waals surface area contributed by atoms with Crippen molar-refractivity contribution in [2.24, 2.45) is 5.73 Å². The maximum atomic E-state index is 11.7. The Labute approximate surface area is 166 Å². The summed E-state index contributed by atoms with van der Waals surface area (Å²) in [6, 6.07) is 17.4. The fourth-order valence-electron chi connectivity index (χ4n) is 2.95. The summed E-state index contributed by atoms with van der Waals surface area (Å²) in [5, 5.41) is 8.50. The smallest absolute Gasteiger partial charge is 0.249 e. The van der Waals surface area contributed by atoms with Gasteiger partial charge in [0.1, 0.15) is 0 Å². The summed E-state index contributed by atoms with van der Waals surface area (Å²) < 4.78 is 0. The number of fused-ring (bicyclic) bond motifs is 1. The predicted molar refractivity (Wildman–Crippen MR) is 113 cm³/mol. The molecule has 0 radical (unpaired) electrons. The van der Waals surface area contributed by atoms with Crippen LogP contribution in [0.4, 0.5) is 0 Å². The molecule has 4 aromatic rings. The molecule has 0 bridgehead atoms. The molecular formula is C22H18N4OS. The number of rotatable bonds is 5. The van der Waals surface area contributed by atoms with Gasteiger partial charge < -0.3 is 5.73 Å². The third kappa shape index (κ3) is 3.68. The summed E-state index contributed by atoms with van der Waals surface area (Å²) in [5.74, 6) is -0.421. The average Bonchev–Trinajstić information content (AvgIpc) is 3.11. The molecular weight excluding hydrogens is 368 g/mol. The average molecular weight is 386 g/mol. The van der Waals surface area contributed by atoms with Crippen molar-refractivity contribution in [3.63, 3.8) is 0 Å². The normalized spacial score (nSPS) is 11.3. The third-order valence-corrected chi connectivity index (χ3v) is 5.60. The molecule has 3 N–H and O–H groups in total. The Morgan fingerprint density at radius 1 is 1.11 bits per heavy atom. The monoisotopic (exact) mass is 386 g/mol. The number of aromatic nitrogens is 3. The molecule has 0 aliphatic heterocycles. The van der Waals surface area contributed by atoms with Crippen LogP contribution in [0.25, 0.3) is 23.1 Å². The summed E-state index contributed by atoms with van der Waals surface area (Å²) in [7, 11) is 0. The molecule has 6 heteroatoms. The molecule has 0 aliphatic rings. The Hall–Kier alpha value is -3.38. The number of H-pyrrole nitrogens is 1. The number of aromatic amines is 1. The van der Waals surface area contributed by atoms with Crippen LogP contribution in [0, 0.1) is 6.92 Å². The van der Waals surface area contributed by atoms with Gasteiger partial charge in [0.2, 0.25) is 5.91 Å². The van der Waals surface area contributed by atoms with E-state index in [1.165, 1.54) is 11.8 Å². The van der Waals surface area contributed by atoms with E-state index in [9.17, 15) is 4.79 Å². The number of aryl methyl sites for hydroxylation is 1. The molecule has 2 aromatic heterocycles. The summed E-state index contributed by atoms with van der Waals surface area (Å²) in [6.07, 6.45) is 5.64. The van der Waals surface area contributed by atoms with Crippen LogP contribution in [0.15, 0.2) is 70.6 Å². The fraction of sp³-hybridized carbons (Fsp3) is 0.0455. The molecule has 5 nitrogen and oxygen atoms in total. The molecule has 0 spiro atoms. The van der Waals surface area contributed by atoms with Crippen LogP contribution in [0.3, 0.4) is 0 Å². The molecule has 4 rings (SSSR count). The number of benzene rings is 2. The summed E-state index contributed by atoms with van der Waals surface area (Å²) in [4.78, 5) is 17.9. The summed E-state index contributed by atoms with van der Waals surface area (Å²) in [5.41, 5.74) is 9.75. The van der Waals surface area contributed by atoms with Gasteiger partial charge in [-0.25, -0.2) is 0 Å². The fourth-order valence-corrected chi connectivity index (χ4v) is 4.01. The first-order valence-corrected chi connectivity index (χ1v) is 9.58. The van der Waals surface area contributed by atoms with Crippen LogP contribution in [0.5, 0.6) is 0 Å². The van der Waals surface area contributed by atoms with Gasteiger partial charge in [-0.15, -0.1) is 0 Å². The summed E-state index contributed by atoms with van der Waals surface area (Å²) in [6.45, 7) is 1.98. The standard InChI is InChI=1S/C22H18N4OS/c1-14-5-4-7-18(22(23)27)21(14)28-16-9-10-17-19(25-26-20(17)13-16)11-8-15-6-2-3-12-24-15/h2-13H,1H3,(H2,23,27)(H,25,26). The molecule has 0 unspecified atom stereocenters. The first-order valence-electron chi connectivity index (χ1n) is 8.76. The molecule has 28 heavy (non-hydrogen) atoms. The number of carbonyl (C=O) groups excluding carboxylic acids is 1. The zero-order chi connectivity index (χ0) is 19.5. The van der Waals surface area contributed by atoms with E-state index in [1.807, 2.05) is 67.6 Å². The van der Waals surface area contributed by atoms with Crippen molar-refractivity contribution in [1.29, 1.82) is 0 Å². The number of hydrogen-bond acceptors (Lipinski definition) is 4. The number of pyridine rings is 1. The SMILES string of the molecule is Cc1cccc(C(N)=O)c1Sc1ccc2c(C=Cc3ccccn3)n[nH]c2c1. The predicted octanol–water partition coefficient (Wildman–Crippen LogP) is 4.69. The van der Waals surface area contributed by atoms with E-state index >= 15 is 0 Å². The number of nitrogens with one attached hydrogen (secondary N) is 1. The largest absolute Gasteiger partial charge is 0.366 e. The third-order valence-electron chi connectivity index (χ3n) is 4.36. The first-order chi connectivity index (χ1) is 13.6. The van der Waals surface area contributed by atoms with Crippen LogP contribution >= 0.6 is 11.8 Å². The van der Waals surface area contributed by atoms with Crippen molar-refractivity contribution in [2.75, 3.05) is 0 Å². The molecule has 0 fully saturated rings. The first kappa shape index (κ1) is 18.0. The van der Waals surface area contributed by atoms with Gasteiger partial charge in [0, 0.05) is 21.4 Å². The Bertz CT molecular complexity index is 1180. The topological polar surface area (TPSA) is 84.7 Å². The minimum absolute atomic E-state index is 0.421. The molecule has 0 atom stereocenters. The molecule has 1 amide bonds. The van der Waals surface area contributed by atoms with E-state index in [0.717, 1.165) is 37.6 Å². The molecule has 2 heterocycles. The Kier molecular flexibility index (Phi) is 4.95. The lowest BCUT2D eigenvalue weighted by Gasteiger charge is -2.10. The zero-order valence-electron chi connectivity index (χ0n) is 15.2. The van der Waals surface area contributed by atoms with E-state index in [1.54, 1.807) is 12.3 Å². The van der Waals surface area contributed by atoms with E-state index in [-0.39, 0.29) is 0 Å². The van der Waals surface area contributed by atoms with E-state index < -0.39 is 5.91 Å². The van der Waals surface area contributed by atoms with Gasteiger partial charge in [0.05, 0.1) is 22.5 Å². The lowest BCUT2D eigenvalue weighted by Crippen LogP contribution is -2.12. The van der Waals surface area contributed by atoms with Crippen LogP contribution < -0.4 is 5.73 Å². The molecule has 0 saturated heterocycles. The van der Waals surface area contributed by atoms with Crippen LogP contribution in [-0.2, 0) is 0 Å². The highest BCUT2D eigenvalue weighted by Crippen LogP contribution is 2.34. The lowest BCUT2D eigenvalue weighted by molar-refractivity contribution is 0.0997. The molecule has 0 aliphatic carbocycles. The second kappa shape index (κ2) is 7.70. The van der Waals surface area contributed by atoms with Gasteiger partial charge in [-0.2, -0.15) is 5.10 Å². The number of amides is 1. The molecule has 2 aromatic carbocycles. The quantitative estimate of drug-likeness (QED) is 0.521. The van der Waals surface area contributed by atoms with Crippen molar-refractivity contribution in [3.05, 3.63) is 83.3 Å². The highest BCUT2D eigenvalue weighted by Gasteiger charge is 2.13. The second-order valence-corrected chi connectivity index (χ2v) is 7.41. The van der Waals surface area contributed by atoms with Gasteiger partial charge in [0.15, 0.2) is 0 Å². The van der Waals surface area contributed by atoms with Gasteiger partial charge in [-0.3, -0.25) is 14.9 Å². The van der Waals surface area contributed by atoms with E-state index in [0.29, 0.717) is 5.56 Å². The van der Waals surface area contributed by atoms with Crippen molar-refractivity contribution in [3.8, 4) is 0 Å². The molecule has 0 saturated carbocycles. The van der Waals surface area contributed by atoms with Crippen molar-refractivity contribution >= 4 is 40.7 Å². The number of nitrogens with two attached hydrogens (primary N) is 1. The highest BCUT2D eigenvalue weighted by atomic mass is 32.2. The Balaban J connectivity index is 1.64. The van der Waals surface area contributed by atoms with Gasteiger partial charge in [-0.1, -0.05) is 30.0 Å². The maximum absolute atomic E-state index is 11.7. The van der Waals surface area contributed by atoms with Gasteiger partial charge in [-0.05, 0) is 61.0 Å². The Morgan fingerprint density at radius 3 is 2.79 bits per heavy atom. The summed E-state index contributed by atoms with van der Waals surface area (Å²) >= 11 is 1.53. The number of carbonyl (C=O) groups is 1. The van der Waals surface area contributed by atoms with Crippen molar-refractivity contribution in [2.45, 2.75) is 16.7 Å². The second-order valence-electron chi connectivity index (χ2n) is 6.32. The van der Waals surface area contributed by atoms with Crippen molar-refractivity contribution in [1.82, 2.24) is 15.2 Å². The van der Waals surface area contributed by atoms with Gasteiger partial charge >= 0.3 is 0 Å². The number of primary amides is 1. The maximum Gasteiger partial charge on any atom is 0.249 e. The lowest BCUT2D eigenvalue weighted by atomic mass is 10.1. The van der Waals surface area contributed by atoms with E-state index in [2.05, 4.69) is 15.2 Å². The zero-order valence-corrected chi connectivity index (χ0v) is 16.0. The van der Waals surface area contributed by atoms with Crippen LogP contribution in [0.2, 0.25) is 0 Å². The minimum atomic E-state index is -0.421. The minimum Gasteiger partial charge on any atom is -0.366 e. The highest BCUT2D eigenvalue weighted by molar-refractivity contribution is 7.99. The van der Waals surface area contributed by atoms with Gasteiger partial charge in [0.25, 0.3) is 0 Å². The Morgan fingerprint density at radius 2 is 2.00 bits per heavy atom. The molecule has 138 valence electrons. The van der Waals surface area contributed by atoms with Crippen LogP contribution in [0.1, 0.15) is 27.3 Å².